The maximum Gasteiger partial charge on any atom is 0.416 e. The van der Waals surface area contributed by atoms with Crippen molar-refractivity contribution in [3.8, 4) is 0 Å². The average molecular weight is 507 g/mol. The molecule has 0 aliphatic heterocycles. The van der Waals surface area contributed by atoms with Gasteiger partial charge in [-0.3, -0.25) is 10.1 Å². The molecule has 1 saturated carbocycles. The number of primary amides is 1. The highest BCUT2D eigenvalue weighted by Crippen LogP contribution is 2.37. The highest BCUT2D eigenvalue weighted by Gasteiger charge is 2.41. The van der Waals surface area contributed by atoms with E-state index in [4.69, 9.17) is 11.5 Å². The molecule has 0 spiro atoms. The van der Waals surface area contributed by atoms with Gasteiger partial charge in [0, 0.05) is 30.4 Å². The van der Waals surface area contributed by atoms with Crippen LogP contribution in [0.25, 0.3) is 0 Å². The Bertz CT molecular complexity index is 1110. The van der Waals surface area contributed by atoms with Gasteiger partial charge in [0.05, 0.1) is 22.8 Å². The van der Waals surface area contributed by atoms with Gasteiger partial charge in [0.1, 0.15) is 6.29 Å². The van der Waals surface area contributed by atoms with Gasteiger partial charge >= 0.3 is 6.18 Å². The summed E-state index contributed by atoms with van der Waals surface area (Å²) in [7, 11) is 0. The number of rotatable bonds is 10. The number of benzene rings is 2. The van der Waals surface area contributed by atoms with E-state index in [1.54, 1.807) is 0 Å². The highest BCUT2D eigenvalue weighted by molar-refractivity contribution is 5.99. The van der Waals surface area contributed by atoms with Crippen LogP contribution in [0.4, 0.5) is 18.9 Å². The first-order valence-corrected chi connectivity index (χ1v) is 11.9. The van der Waals surface area contributed by atoms with Crippen LogP contribution in [0.2, 0.25) is 0 Å². The first kappa shape index (κ1) is 27.6. The van der Waals surface area contributed by atoms with Crippen LogP contribution in [0.15, 0.2) is 30.3 Å². The van der Waals surface area contributed by atoms with Gasteiger partial charge in [0.2, 0.25) is 0 Å². The fourth-order valence-electron chi connectivity index (χ4n) is 4.85. The van der Waals surface area contributed by atoms with E-state index in [0.717, 1.165) is 35.6 Å². The van der Waals surface area contributed by atoms with Crippen LogP contribution in [0.5, 0.6) is 0 Å². The van der Waals surface area contributed by atoms with Crippen molar-refractivity contribution in [2.24, 2.45) is 5.73 Å². The minimum absolute atomic E-state index is 0.213. The normalized spacial score (nSPS) is 17.1. The molecule has 1 fully saturated rings. The number of alkyl halides is 3. The van der Waals surface area contributed by atoms with Crippen LogP contribution in [-0.4, -0.2) is 35.5 Å². The monoisotopic (exact) mass is 506 g/mol. The van der Waals surface area contributed by atoms with E-state index in [1.165, 1.54) is 0 Å². The maximum absolute atomic E-state index is 13.5. The second-order valence-corrected chi connectivity index (χ2v) is 9.59. The number of amides is 1. The van der Waals surface area contributed by atoms with Gasteiger partial charge in [0.25, 0.3) is 5.91 Å². The summed E-state index contributed by atoms with van der Waals surface area (Å²) in [6, 6.07) is 5.41. The second kappa shape index (κ2) is 11.0. The predicted molar refractivity (Wildman–Crippen MR) is 131 cm³/mol. The largest absolute Gasteiger partial charge is 0.416 e. The summed E-state index contributed by atoms with van der Waals surface area (Å²) in [4.78, 5) is 23.9. The third-order valence-corrected chi connectivity index (χ3v) is 6.94. The molecule has 3 rings (SSSR count). The Kier molecular flexibility index (Phi) is 8.43. The average Bonchev–Trinajstić information content (AvgIpc) is 3.24. The summed E-state index contributed by atoms with van der Waals surface area (Å²) in [6.45, 7) is 4.75. The summed E-state index contributed by atoms with van der Waals surface area (Å²) >= 11 is 0. The smallest absolute Gasteiger partial charge is 0.398 e. The Labute approximate surface area is 208 Å². The zero-order valence-electron chi connectivity index (χ0n) is 20.4. The van der Waals surface area contributed by atoms with Crippen LogP contribution in [0.3, 0.4) is 0 Å². The van der Waals surface area contributed by atoms with Gasteiger partial charge in [0.15, 0.2) is 0 Å². The van der Waals surface area contributed by atoms with E-state index in [-0.39, 0.29) is 17.8 Å². The molecule has 0 aromatic heterocycles. The number of nitrogen functional groups attached to an aromatic ring is 1. The molecule has 0 radical (unpaired) electrons. The third-order valence-electron chi connectivity index (χ3n) is 6.94. The number of aryl methyl sites for hydroxylation is 2. The Morgan fingerprint density at radius 3 is 2.42 bits per heavy atom. The topological polar surface area (TPSA) is 130 Å². The molecule has 1 amide bonds. The van der Waals surface area contributed by atoms with Crippen molar-refractivity contribution in [2.75, 3.05) is 12.3 Å². The summed E-state index contributed by atoms with van der Waals surface area (Å²) in [5, 5.41) is 17.6. The quantitative estimate of drug-likeness (QED) is 0.248. The Morgan fingerprint density at radius 1 is 1.19 bits per heavy atom. The van der Waals surface area contributed by atoms with Crippen molar-refractivity contribution in [1.29, 1.82) is 0 Å². The van der Waals surface area contributed by atoms with Gasteiger partial charge in [-0.1, -0.05) is 36.6 Å². The van der Waals surface area contributed by atoms with E-state index in [1.807, 2.05) is 26.0 Å². The fourth-order valence-corrected chi connectivity index (χ4v) is 4.85. The number of nitrogens with two attached hydrogens (primary N) is 2. The van der Waals surface area contributed by atoms with E-state index in [0.29, 0.717) is 31.7 Å². The Balaban J connectivity index is 1.90. The van der Waals surface area contributed by atoms with Crippen molar-refractivity contribution < 1.29 is 27.9 Å². The number of hydrogen-bond donors (Lipinski definition) is 5. The van der Waals surface area contributed by atoms with Crippen LogP contribution in [0, 0.1) is 13.8 Å². The van der Waals surface area contributed by atoms with Crippen molar-refractivity contribution >= 4 is 17.9 Å². The van der Waals surface area contributed by atoms with Crippen LogP contribution >= 0.6 is 0 Å². The molecule has 7 nitrogen and oxygen atoms in total. The van der Waals surface area contributed by atoms with Crippen LogP contribution in [-0.2, 0) is 17.5 Å². The zero-order chi connectivity index (χ0) is 26.7. The molecule has 0 unspecified atom stereocenters. The van der Waals surface area contributed by atoms with Gasteiger partial charge in [-0.05, 0) is 49.9 Å². The van der Waals surface area contributed by atoms with E-state index in [2.05, 4.69) is 16.7 Å². The maximum atomic E-state index is 13.5. The molecular weight excluding hydrogens is 473 g/mol. The van der Waals surface area contributed by atoms with Gasteiger partial charge in [-0.15, -0.1) is 0 Å². The molecule has 1 aliphatic rings. The molecule has 1 aliphatic carbocycles. The van der Waals surface area contributed by atoms with Crippen molar-refractivity contribution in [3.05, 3.63) is 63.7 Å². The minimum atomic E-state index is -4.78. The number of aldehydes is 1. The number of nitrogens with one attached hydrogen (secondary N) is 2. The first-order chi connectivity index (χ1) is 16.9. The van der Waals surface area contributed by atoms with Gasteiger partial charge in [-0.25, -0.2) is 0 Å². The Morgan fingerprint density at radius 2 is 1.86 bits per heavy atom. The second-order valence-electron chi connectivity index (χ2n) is 9.59. The number of halogens is 3. The van der Waals surface area contributed by atoms with E-state index < -0.39 is 40.9 Å². The lowest BCUT2D eigenvalue weighted by atomic mass is 9.89. The standard InChI is InChI=1S/C26H33F3N4O3/c1-15-5-6-17(16(2)9-15)12-32-13-22(25(36)7-3-4-8-25)33-21(14-34)19-10-18(26(27,28)29)11-20(23(19)30)24(31)35/h5-6,9-11,14,21-22,32-33,36H,3-4,7-8,12-13,30H2,1-2H3,(H2,31,35)/t21-,22+/m1/s1. The number of anilines is 1. The molecule has 2 aromatic carbocycles. The molecule has 2 aromatic rings. The molecule has 196 valence electrons. The SMILES string of the molecule is Cc1ccc(CNC[C@H](N[C@H](C=O)c2cc(C(F)(F)F)cc(C(N)=O)c2N)C2(O)CCCC2)c(C)c1. The summed E-state index contributed by atoms with van der Waals surface area (Å²) < 4.78 is 40.5. The number of aliphatic hydroxyl groups is 1. The van der Waals surface area contributed by atoms with Crippen LogP contribution in [0.1, 0.15) is 69.9 Å². The lowest BCUT2D eigenvalue weighted by Gasteiger charge is -2.36. The molecule has 36 heavy (non-hydrogen) atoms. The van der Waals surface area contributed by atoms with Crippen molar-refractivity contribution in [1.82, 2.24) is 10.6 Å². The van der Waals surface area contributed by atoms with Crippen molar-refractivity contribution in [3.63, 3.8) is 0 Å². The Hall–Kier alpha value is -2.95. The lowest BCUT2D eigenvalue weighted by molar-refractivity contribution is -0.137. The summed E-state index contributed by atoms with van der Waals surface area (Å²) in [5.41, 5.74) is 11.2. The number of hydrogen-bond acceptors (Lipinski definition) is 6. The van der Waals surface area contributed by atoms with E-state index in [9.17, 15) is 27.9 Å². The zero-order valence-corrected chi connectivity index (χ0v) is 20.4. The minimum Gasteiger partial charge on any atom is -0.398 e. The van der Waals surface area contributed by atoms with Gasteiger partial charge < -0.3 is 26.7 Å². The van der Waals surface area contributed by atoms with Crippen molar-refractivity contribution in [2.45, 2.75) is 69.9 Å². The first-order valence-electron chi connectivity index (χ1n) is 11.9. The number of carbonyl (C=O) groups is 2. The van der Waals surface area contributed by atoms with E-state index >= 15 is 0 Å². The molecule has 10 heteroatoms. The lowest BCUT2D eigenvalue weighted by Crippen LogP contribution is -2.55. The molecule has 2 atom stereocenters. The summed E-state index contributed by atoms with van der Waals surface area (Å²) in [5.74, 6) is -1.13. The molecule has 0 saturated heterocycles. The third kappa shape index (κ3) is 6.24. The highest BCUT2D eigenvalue weighted by atomic mass is 19.4. The molecule has 0 bridgehead atoms. The van der Waals surface area contributed by atoms with Gasteiger partial charge in [-0.2, -0.15) is 13.2 Å². The fraction of sp³-hybridized carbons (Fsp3) is 0.462. The number of carbonyl (C=O) groups excluding carboxylic acids is 2. The molecule has 7 N–H and O–H groups in total. The predicted octanol–water partition coefficient (Wildman–Crippen LogP) is 3.30. The summed E-state index contributed by atoms with van der Waals surface area (Å²) in [6.07, 6.45) is -1.83. The van der Waals surface area contributed by atoms with Crippen LogP contribution < -0.4 is 22.1 Å². The molecule has 0 heterocycles. The molecular formula is C26H33F3N4O3.